The van der Waals surface area contributed by atoms with Crippen molar-refractivity contribution in [2.24, 2.45) is 0 Å². The van der Waals surface area contributed by atoms with Crippen molar-refractivity contribution in [1.82, 2.24) is 9.97 Å². The van der Waals surface area contributed by atoms with Crippen molar-refractivity contribution in [1.29, 1.82) is 0 Å². The van der Waals surface area contributed by atoms with Crippen LogP contribution in [-0.4, -0.2) is 92.4 Å². The summed E-state index contributed by atoms with van der Waals surface area (Å²) in [5.41, 5.74) is -0.855. The van der Waals surface area contributed by atoms with Gasteiger partial charge in [-0.2, -0.15) is 4.31 Å². The number of carbonyl (C=O) groups is 1. The zero-order valence-electron chi connectivity index (χ0n) is 14.1. The number of aromatic amines is 2. The number of aromatic nitrogens is 2. The molecule has 0 aliphatic carbocycles. The minimum Gasteiger partial charge on any atom is -0.394 e. The van der Waals surface area contributed by atoms with Gasteiger partial charge in [0.05, 0.1) is 6.61 Å². The number of rotatable bonds is 7. The smallest absolute Gasteiger partial charge is 0.394 e. The number of nitrogens with one attached hydrogen (secondary N) is 2. The molecule has 0 bridgehead atoms. The minimum atomic E-state index is -5.05. The molecule has 0 aliphatic rings. The van der Waals surface area contributed by atoms with Crippen molar-refractivity contribution in [3.05, 3.63) is 33.1 Å². The second-order valence-electron chi connectivity index (χ2n) is 4.72. The van der Waals surface area contributed by atoms with Crippen LogP contribution in [0.5, 0.6) is 0 Å². The van der Waals surface area contributed by atoms with Gasteiger partial charge in [0.15, 0.2) is 6.29 Å². The lowest BCUT2D eigenvalue weighted by molar-refractivity contribution is -0.136. The van der Waals surface area contributed by atoms with Crippen molar-refractivity contribution in [3.63, 3.8) is 0 Å². The van der Waals surface area contributed by atoms with Gasteiger partial charge in [0.1, 0.15) is 24.4 Å². The Morgan fingerprint density at radius 3 is 1.72 bits per heavy atom. The van der Waals surface area contributed by atoms with Gasteiger partial charge in [-0.1, -0.05) is 0 Å². The molecular formula is C10H20N2O15P2. The van der Waals surface area contributed by atoms with Gasteiger partial charge in [-0.05, 0) is 0 Å². The number of carbonyl (C=O) groups excluding carboxylic acids is 1. The average Bonchev–Trinajstić information content (AvgIpc) is 2.56. The highest BCUT2D eigenvalue weighted by molar-refractivity contribution is 7.60. The van der Waals surface area contributed by atoms with Crippen molar-refractivity contribution >= 4 is 21.9 Å². The second-order valence-corrected chi connectivity index (χ2v) is 7.33. The fourth-order valence-corrected chi connectivity index (χ4v) is 2.25. The van der Waals surface area contributed by atoms with E-state index in [-0.39, 0.29) is 11.8 Å². The summed E-state index contributed by atoms with van der Waals surface area (Å²) in [6.45, 7) is -0.760. The van der Waals surface area contributed by atoms with Crippen molar-refractivity contribution in [2.75, 3.05) is 6.61 Å². The molecule has 17 nitrogen and oxygen atoms in total. The molecule has 29 heavy (non-hydrogen) atoms. The molecule has 1 rings (SSSR count). The van der Waals surface area contributed by atoms with Gasteiger partial charge in [-0.25, -0.2) is 13.9 Å². The number of aldehydes is 1. The standard InChI is InChI=1S/C6H12O6.C4H4N2O2.H4O7P2/c7-1-3(9)5(11)6(12)4(10)2-8;7-3-1-2-5-4(8)6-3;1-8(2,3)7-9(4,5)6/h1,3-6,8-12H,2H2;1-2H,(H2,5,6,7,8);(H2,1,2,3)(H2,4,5,6)/t3-,4+,5+,6+;;/m0../s1. The normalized spacial score (nSPS) is 15.5. The minimum absolute atomic E-state index is 0.0258. The first-order chi connectivity index (χ1) is 13.0. The Kier molecular flexibility index (Phi) is 13.9. The van der Waals surface area contributed by atoms with Crippen LogP contribution in [-0.2, 0) is 18.2 Å². The molecule has 170 valence electrons. The molecule has 0 radical (unpaired) electrons. The lowest BCUT2D eigenvalue weighted by atomic mass is 10.0. The molecule has 0 saturated carbocycles. The summed E-state index contributed by atoms with van der Waals surface area (Å²) < 4.78 is 22.2. The van der Waals surface area contributed by atoms with Crippen LogP contribution in [0.25, 0.3) is 0 Å². The summed E-state index contributed by atoms with van der Waals surface area (Å²) in [5, 5.41) is 43.5. The number of H-pyrrole nitrogens is 2. The Morgan fingerprint density at radius 2 is 1.48 bits per heavy atom. The molecule has 0 unspecified atom stereocenters. The Hall–Kier alpha value is -1.59. The van der Waals surface area contributed by atoms with Gasteiger partial charge >= 0.3 is 21.3 Å². The van der Waals surface area contributed by atoms with Crippen molar-refractivity contribution in [3.8, 4) is 0 Å². The SMILES string of the molecule is O=C[C@H](O)[C@@H](O)[C@H](O)[C@H](O)CO.O=P(O)(O)OP(=O)(O)O.O=c1cc[nH]c(=O)[nH]1. The van der Waals surface area contributed by atoms with E-state index in [0.29, 0.717) is 0 Å². The predicted molar refractivity (Wildman–Crippen MR) is 90.0 cm³/mol. The molecule has 0 aliphatic heterocycles. The van der Waals surface area contributed by atoms with Gasteiger partial charge in [-0.15, -0.1) is 0 Å². The number of aliphatic hydroxyl groups is 5. The highest BCUT2D eigenvalue weighted by Crippen LogP contribution is 2.53. The van der Waals surface area contributed by atoms with E-state index in [9.17, 15) is 23.5 Å². The third-order valence-electron chi connectivity index (χ3n) is 2.32. The van der Waals surface area contributed by atoms with E-state index >= 15 is 0 Å². The summed E-state index contributed by atoms with van der Waals surface area (Å²) in [7, 11) is -10.1. The number of aliphatic hydroxyl groups excluding tert-OH is 5. The van der Waals surface area contributed by atoms with Crippen molar-refractivity contribution < 1.29 is 63.3 Å². The summed E-state index contributed by atoms with van der Waals surface area (Å²) in [6.07, 6.45) is -5.55. The summed E-state index contributed by atoms with van der Waals surface area (Å²) in [4.78, 5) is 65.6. The van der Waals surface area contributed by atoms with E-state index in [1.54, 1.807) is 0 Å². The van der Waals surface area contributed by atoms with Crippen LogP contribution < -0.4 is 11.2 Å². The molecule has 0 aromatic carbocycles. The van der Waals surface area contributed by atoms with Crippen LogP contribution in [0, 0.1) is 0 Å². The third-order valence-corrected chi connectivity index (χ3v) is 4.02. The number of phosphoric acid groups is 2. The van der Waals surface area contributed by atoms with Gasteiger partial charge in [0.2, 0.25) is 0 Å². The van der Waals surface area contributed by atoms with E-state index in [2.05, 4.69) is 9.29 Å². The fourth-order valence-electron chi connectivity index (χ4n) is 1.14. The highest BCUT2D eigenvalue weighted by atomic mass is 31.3. The Balaban J connectivity index is 0. The summed E-state index contributed by atoms with van der Waals surface area (Å²) in [6, 6.07) is 1.24. The van der Waals surface area contributed by atoms with Gasteiger partial charge in [-0.3, -0.25) is 9.78 Å². The van der Waals surface area contributed by atoms with E-state index in [4.69, 9.17) is 45.1 Å². The van der Waals surface area contributed by atoms with Crippen molar-refractivity contribution in [2.45, 2.75) is 24.4 Å². The molecule has 0 saturated heterocycles. The topological polar surface area (TPSA) is 308 Å². The molecule has 4 atom stereocenters. The summed E-state index contributed by atoms with van der Waals surface area (Å²) in [5.74, 6) is 0. The Labute approximate surface area is 160 Å². The quantitative estimate of drug-likeness (QED) is 0.131. The Morgan fingerprint density at radius 1 is 1.00 bits per heavy atom. The molecule has 0 amide bonds. The van der Waals surface area contributed by atoms with E-state index in [1.807, 2.05) is 4.98 Å². The zero-order valence-corrected chi connectivity index (χ0v) is 15.9. The summed E-state index contributed by atoms with van der Waals surface area (Å²) >= 11 is 0. The molecule has 1 aromatic rings. The monoisotopic (exact) mass is 470 g/mol. The van der Waals surface area contributed by atoms with E-state index in [1.165, 1.54) is 12.3 Å². The molecule has 0 fully saturated rings. The van der Waals surface area contributed by atoms with Crippen LogP contribution in [0.4, 0.5) is 0 Å². The van der Waals surface area contributed by atoms with E-state index < -0.39 is 52.4 Å². The number of hydrogen-bond acceptors (Lipinski definition) is 11. The molecule has 11 N–H and O–H groups in total. The molecular weight excluding hydrogens is 450 g/mol. The zero-order chi connectivity index (χ0) is 23.4. The highest BCUT2D eigenvalue weighted by Gasteiger charge is 2.29. The maximum atomic E-state index is 10.2. The third kappa shape index (κ3) is 17.0. The Bertz CT molecular complexity index is 751. The first kappa shape index (κ1) is 29.6. The first-order valence-corrected chi connectivity index (χ1v) is 9.99. The number of hydrogen-bond donors (Lipinski definition) is 11. The lowest BCUT2D eigenvalue weighted by Crippen LogP contribution is -2.46. The van der Waals surface area contributed by atoms with Crippen LogP contribution in [0.1, 0.15) is 0 Å². The molecule has 0 spiro atoms. The molecule has 1 aromatic heterocycles. The molecule has 1 heterocycles. The maximum absolute atomic E-state index is 10.2. The average molecular weight is 470 g/mol. The van der Waals surface area contributed by atoms with Crippen LogP contribution in [0.15, 0.2) is 21.9 Å². The lowest BCUT2D eigenvalue weighted by Gasteiger charge is -2.22. The largest absolute Gasteiger partial charge is 0.478 e. The van der Waals surface area contributed by atoms with Crippen LogP contribution in [0.2, 0.25) is 0 Å². The molecule has 19 heteroatoms. The predicted octanol–water partition coefficient (Wildman–Crippen LogP) is -5.13. The van der Waals surface area contributed by atoms with Crippen LogP contribution >= 0.6 is 15.6 Å². The maximum Gasteiger partial charge on any atom is 0.478 e. The fraction of sp³-hybridized carbons (Fsp3) is 0.500. The van der Waals surface area contributed by atoms with Crippen LogP contribution in [0.3, 0.4) is 0 Å². The first-order valence-electron chi connectivity index (χ1n) is 6.93. The van der Waals surface area contributed by atoms with Gasteiger partial charge in [0.25, 0.3) is 5.56 Å². The second kappa shape index (κ2) is 13.6. The van der Waals surface area contributed by atoms with E-state index in [0.717, 1.165) is 0 Å². The van der Waals surface area contributed by atoms with Gasteiger partial charge in [0, 0.05) is 12.3 Å². The van der Waals surface area contributed by atoms with Gasteiger partial charge < -0.3 is 54.9 Å².